The predicted octanol–water partition coefficient (Wildman–Crippen LogP) is 3.45. The molecule has 5 nitrogen and oxygen atoms in total. The number of piperidine rings is 1. The molecule has 0 aliphatic carbocycles. The van der Waals surface area contributed by atoms with Crippen molar-refractivity contribution in [2.45, 2.75) is 25.5 Å². The summed E-state index contributed by atoms with van der Waals surface area (Å²) in [5.41, 5.74) is 1.50. The molecule has 1 saturated heterocycles. The molecular formula is C20H22F2N2O3S. The number of amides is 1. The number of carbonyl (C=O) groups is 1. The number of nitrogens with zero attached hydrogens (tertiary/aromatic N) is 1. The van der Waals surface area contributed by atoms with Gasteiger partial charge in [0.25, 0.3) is 0 Å². The molecule has 0 unspecified atom stereocenters. The maximum atomic E-state index is 13.8. The molecule has 1 atom stereocenters. The molecule has 2 aromatic carbocycles. The van der Waals surface area contributed by atoms with Gasteiger partial charge in [-0.25, -0.2) is 21.5 Å². The normalized spacial score (nSPS) is 18.0. The Labute approximate surface area is 163 Å². The van der Waals surface area contributed by atoms with E-state index < -0.39 is 33.5 Å². The first-order valence-corrected chi connectivity index (χ1v) is 10.7. The van der Waals surface area contributed by atoms with E-state index >= 15 is 0 Å². The number of sulfonamides is 1. The van der Waals surface area contributed by atoms with Crippen LogP contribution in [0.2, 0.25) is 0 Å². The second-order valence-electron chi connectivity index (χ2n) is 6.99. The zero-order valence-electron chi connectivity index (χ0n) is 15.5. The summed E-state index contributed by atoms with van der Waals surface area (Å²) in [7, 11) is -3.58. The van der Waals surface area contributed by atoms with Crippen molar-refractivity contribution in [3.05, 3.63) is 65.2 Å². The maximum Gasteiger partial charge on any atom is 0.228 e. The van der Waals surface area contributed by atoms with Crippen LogP contribution >= 0.6 is 0 Å². The second kappa shape index (κ2) is 8.36. The number of hydrogen-bond acceptors (Lipinski definition) is 3. The topological polar surface area (TPSA) is 66.5 Å². The second-order valence-corrected chi connectivity index (χ2v) is 8.96. The van der Waals surface area contributed by atoms with Crippen LogP contribution in [0.15, 0.2) is 42.5 Å². The zero-order valence-corrected chi connectivity index (χ0v) is 16.3. The Bertz CT molecular complexity index is 979. The van der Waals surface area contributed by atoms with Crippen LogP contribution in [0.4, 0.5) is 14.5 Å². The first-order valence-electron chi connectivity index (χ1n) is 9.04. The molecule has 8 heteroatoms. The lowest BCUT2D eigenvalue weighted by Gasteiger charge is -2.31. The van der Waals surface area contributed by atoms with Gasteiger partial charge in [0.1, 0.15) is 11.6 Å². The van der Waals surface area contributed by atoms with Crippen LogP contribution < -0.4 is 5.32 Å². The van der Waals surface area contributed by atoms with Gasteiger partial charge in [0.05, 0.1) is 17.4 Å². The number of rotatable bonds is 5. The van der Waals surface area contributed by atoms with E-state index in [1.54, 1.807) is 12.1 Å². The minimum atomic E-state index is -3.58. The fraction of sp³-hybridized carbons (Fsp3) is 0.350. The monoisotopic (exact) mass is 408 g/mol. The summed E-state index contributed by atoms with van der Waals surface area (Å²) in [6.45, 7) is 2.25. The van der Waals surface area contributed by atoms with Crippen LogP contribution in [0.5, 0.6) is 0 Å². The van der Waals surface area contributed by atoms with Gasteiger partial charge in [0, 0.05) is 19.2 Å². The molecule has 150 valence electrons. The van der Waals surface area contributed by atoms with Crippen LogP contribution in [0, 0.1) is 24.5 Å². The van der Waals surface area contributed by atoms with Crippen molar-refractivity contribution in [3.63, 3.8) is 0 Å². The third-order valence-corrected chi connectivity index (χ3v) is 6.73. The summed E-state index contributed by atoms with van der Waals surface area (Å²) in [5.74, 6) is -2.79. The van der Waals surface area contributed by atoms with Gasteiger partial charge in [-0.1, -0.05) is 24.3 Å². The van der Waals surface area contributed by atoms with Gasteiger partial charge < -0.3 is 5.32 Å². The Morgan fingerprint density at radius 2 is 1.96 bits per heavy atom. The highest BCUT2D eigenvalue weighted by Crippen LogP contribution is 2.24. The zero-order chi connectivity index (χ0) is 20.3. The smallest absolute Gasteiger partial charge is 0.228 e. The van der Waals surface area contributed by atoms with E-state index in [4.69, 9.17) is 0 Å². The lowest BCUT2D eigenvalue weighted by molar-refractivity contribution is -0.120. The standard InChI is InChI=1S/C20H22F2N2O3S/c1-14-5-2-3-6-16(14)13-28(26,27)24-10-4-7-15(12-24)20(25)23-19-9-8-17(21)11-18(19)22/h2-3,5-6,8-9,11,15H,4,7,10,12-13H2,1H3,(H,23,25)/t15-/m0/s1. The number of nitrogens with one attached hydrogen (secondary N) is 1. The Kier molecular flexibility index (Phi) is 6.10. The van der Waals surface area contributed by atoms with Crippen molar-refractivity contribution in [3.8, 4) is 0 Å². The van der Waals surface area contributed by atoms with Gasteiger partial charge in [-0.2, -0.15) is 0 Å². The molecule has 1 aliphatic rings. The number of hydrogen-bond donors (Lipinski definition) is 1. The van der Waals surface area contributed by atoms with Crippen molar-refractivity contribution in [1.82, 2.24) is 4.31 Å². The molecule has 1 fully saturated rings. The number of anilines is 1. The van der Waals surface area contributed by atoms with E-state index in [0.717, 1.165) is 23.3 Å². The SMILES string of the molecule is Cc1ccccc1CS(=O)(=O)N1CCC[C@H](C(=O)Nc2ccc(F)cc2F)C1. The maximum absolute atomic E-state index is 13.8. The average molecular weight is 408 g/mol. The number of carbonyl (C=O) groups excluding carboxylic acids is 1. The molecule has 1 N–H and O–H groups in total. The van der Waals surface area contributed by atoms with Gasteiger partial charge in [-0.15, -0.1) is 0 Å². The minimum Gasteiger partial charge on any atom is -0.323 e. The largest absolute Gasteiger partial charge is 0.323 e. The minimum absolute atomic E-state index is 0.0445. The van der Waals surface area contributed by atoms with E-state index in [9.17, 15) is 22.0 Å². The molecule has 0 saturated carbocycles. The fourth-order valence-electron chi connectivity index (χ4n) is 3.29. The predicted molar refractivity (Wildman–Crippen MR) is 103 cm³/mol. The van der Waals surface area contributed by atoms with Crippen molar-refractivity contribution >= 4 is 21.6 Å². The fourth-order valence-corrected chi connectivity index (χ4v) is 5.01. The molecular weight excluding hydrogens is 386 g/mol. The van der Waals surface area contributed by atoms with E-state index in [1.165, 1.54) is 4.31 Å². The first kappa shape index (κ1) is 20.4. The molecule has 28 heavy (non-hydrogen) atoms. The highest BCUT2D eigenvalue weighted by Gasteiger charge is 2.32. The van der Waals surface area contributed by atoms with Crippen LogP contribution in [-0.2, 0) is 20.6 Å². The first-order chi connectivity index (χ1) is 13.3. The van der Waals surface area contributed by atoms with E-state index in [0.29, 0.717) is 25.5 Å². The summed E-state index contributed by atoms with van der Waals surface area (Å²) >= 11 is 0. The third kappa shape index (κ3) is 4.74. The Hall–Kier alpha value is -2.32. The van der Waals surface area contributed by atoms with E-state index in [-0.39, 0.29) is 18.0 Å². The number of aryl methyl sites for hydroxylation is 1. The molecule has 3 rings (SSSR count). The highest BCUT2D eigenvalue weighted by molar-refractivity contribution is 7.88. The quantitative estimate of drug-likeness (QED) is 0.824. The molecule has 2 aromatic rings. The highest BCUT2D eigenvalue weighted by atomic mass is 32.2. The third-order valence-electron chi connectivity index (χ3n) is 4.94. The molecule has 1 heterocycles. The Morgan fingerprint density at radius 1 is 1.21 bits per heavy atom. The Balaban J connectivity index is 1.69. The van der Waals surface area contributed by atoms with Crippen LogP contribution in [0.1, 0.15) is 24.0 Å². The van der Waals surface area contributed by atoms with Crippen molar-refractivity contribution in [2.75, 3.05) is 18.4 Å². The van der Waals surface area contributed by atoms with E-state index in [2.05, 4.69) is 5.32 Å². The van der Waals surface area contributed by atoms with Gasteiger partial charge in [-0.05, 0) is 43.0 Å². The van der Waals surface area contributed by atoms with Crippen LogP contribution in [0.3, 0.4) is 0 Å². The summed E-state index contributed by atoms with van der Waals surface area (Å²) in [4.78, 5) is 12.5. The number of benzene rings is 2. The van der Waals surface area contributed by atoms with E-state index in [1.807, 2.05) is 19.1 Å². The molecule has 0 spiro atoms. The molecule has 0 aromatic heterocycles. The summed E-state index contributed by atoms with van der Waals surface area (Å²) in [5, 5.41) is 2.44. The molecule has 1 amide bonds. The number of halogens is 2. The average Bonchev–Trinajstić information content (AvgIpc) is 2.66. The summed E-state index contributed by atoms with van der Waals surface area (Å²) in [6, 6.07) is 10.2. The molecule has 1 aliphatic heterocycles. The van der Waals surface area contributed by atoms with Crippen LogP contribution in [0.25, 0.3) is 0 Å². The van der Waals surface area contributed by atoms with Crippen LogP contribution in [-0.4, -0.2) is 31.7 Å². The lowest BCUT2D eigenvalue weighted by Crippen LogP contribution is -2.44. The summed E-state index contributed by atoms with van der Waals surface area (Å²) < 4.78 is 53.7. The lowest BCUT2D eigenvalue weighted by atomic mass is 9.98. The van der Waals surface area contributed by atoms with Gasteiger partial charge in [-0.3, -0.25) is 4.79 Å². The van der Waals surface area contributed by atoms with Gasteiger partial charge >= 0.3 is 0 Å². The Morgan fingerprint density at radius 3 is 2.68 bits per heavy atom. The van der Waals surface area contributed by atoms with Crippen molar-refractivity contribution in [1.29, 1.82) is 0 Å². The molecule has 0 radical (unpaired) electrons. The molecule has 0 bridgehead atoms. The van der Waals surface area contributed by atoms with Gasteiger partial charge in [0.15, 0.2) is 0 Å². The van der Waals surface area contributed by atoms with Gasteiger partial charge in [0.2, 0.25) is 15.9 Å². The summed E-state index contributed by atoms with van der Waals surface area (Å²) in [6.07, 6.45) is 1.04. The van der Waals surface area contributed by atoms with Crippen molar-refractivity contribution < 1.29 is 22.0 Å². The van der Waals surface area contributed by atoms with Crippen molar-refractivity contribution in [2.24, 2.45) is 5.92 Å².